The highest BCUT2D eigenvalue weighted by molar-refractivity contribution is 7.92. The highest BCUT2D eigenvalue weighted by atomic mass is 32.2. The average Bonchev–Trinajstić information content (AvgIpc) is 2.67. The van der Waals surface area contributed by atoms with Crippen LogP contribution in [0.1, 0.15) is 31.4 Å². The lowest BCUT2D eigenvalue weighted by Crippen LogP contribution is -2.50. The molecule has 2 atom stereocenters. The van der Waals surface area contributed by atoms with E-state index >= 15 is 0 Å². The molecule has 2 rings (SSSR count). The number of nitrogens with zero attached hydrogens (tertiary/aromatic N) is 2. The van der Waals surface area contributed by atoms with E-state index in [1.54, 1.807) is 6.92 Å². The van der Waals surface area contributed by atoms with Crippen LogP contribution in [0.25, 0.3) is 0 Å². The van der Waals surface area contributed by atoms with E-state index in [1.165, 1.54) is 25.1 Å². The van der Waals surface area contributed by atoms with E-state index in [9.17, 15) is 23.3 Å². The minimum atomic E-state index is -3.87. The monoisotopic (exact) mass is 433 g/mol. The fourth-order valence-corrected chi connectivity index (χ4v) is 4.42. The van der Waals surface area contributed by atoms with Gasteiger partial charge in [0.1, 0.15) is 6.04 Å². The Bertz CT molecular complexity index is 1010. The second kappa shape index (κ2) is 9.71. The molecule has 162 valence electrons. The molecule has 0 spiro atoms. The van der Waals surface area contributed by atoms with Crippen LogP contribution < -0.4 is 9.62 Å². The molecule has 9 heteroatoms. The first-order valence-corrected chi connectivity index (χ1v) is 11.4. The first kappa shape index (κ1) is 23.3. The SMILES string of the molecule is Cc1ccc([N+](=O)[O-])cc1N(C(C)C(=O)NC(C)CCc1ccccc1)S(C)(=O)=O. The number of nitrogens with one attached hydrogen (secondary N) is 1. The molecule has 0 fully saturated rings. The van der Waals surface area contributed by atoms with Gasteiger partial charge >= 0.3 is 0 Å². The van der Waals surface area contributed by atoms with Gasteiger partial charge in [0.05, 0.1) is 16.9 Å². The maximum absolute atomic E-state index is 12.8. The van der Waals surface area contributed by atoms with Crippen LogP contribution in [0, 0.1) is 17.0 Å². The molecule has 30 heavy (non-hydrogen) atoms. The second-order valence-corrected chi connectivity index (χ2v) is 9.26. The van der Waals surface area contributed by atoms with Crippen molar-refractivity contribution in [1.29, 1.82) is 0 Å². The topological polar surface area (TPSA) is 110 Å². The summed E-state index contributed by atoms with van der Waals surface area (Å²) in [7, 11) is -3.87. The largest absolute Gasteiger partial charge is 0.352 e. The van der Waals surface area contributed by atoms with Crippen molar-refractivity contribution in [3.05, 3.63) is 69.8 Å². The van der Waals surface area contributed by atoms with Gasteiger partial charge in [0.15, 0.2) is 0 Å². The van der Waals surface area contributed by atoms with E-state index in [4.69, 9.17) is 0 Å². The number of benzene rings is 2. The zero-order valence-electron chi connectivity index (χ0n) is 17.5. The molecule has 0 saturated heterocycles. The fraction of sp³-hybridized carbons (Fsp3) is 0.381. The van der Waals surface area contributed by atoms with Crippen molar-refractivity contribution < 1.29 is 18.1 Å². The number of carbonyl (C=O) groups is 1. The van der Waals surface area contributed by atoms with Crippen LogP contribution in [-0.2, 0) is 21.2 Å². The Hall–Kier alpha value is -2.94. The molecule has 1 amide bonds. The average molecular weight is 434 g/mol. The van der Waals surface area contributed by atoms with Crippen molar-refractivity contribution >= 4 is 27.3 Å². The third kappa shape index (κ3) is 6.03. The smallest absolute Gasteiger partial charge is 0.271 e. The summed E-state index contributed by atoms with van der Waals surface area (Å²) in [5.74, 6) is -0.466. The number of carbonyl (C=O) groups excluding carboxylic acids is 1. The summed E-state index contributed by atoms with van der Waals surface area (Å²) in [5.41, 5.74) is 1.54. The number of aryl methyl sites for hydroxylation is 2. The van der Waals surface area contributed by atoms with E-state index in [-0.39, 0.29) is 17.4 Å². The summed E-state index contributed by atoms with van der Waals surface area (Å²) in [6.45, 7) is 4.97. The van der Waals surface area contributed by atoms with Crippen molar-refractivity contribution in [2.75, 3.05) is 10.6 Å². The van der Waals surface area contributed by atoms with Gasteiger partial charge in [-0.15, -0.1) is 0 Å². The van der Waals surface area contributed by atoms with Crippen LogP contribution >= 0.6 is 0 Å². The molecule has 0 aliphatic carbocycles. The number of non-ortho nitro benzene ring substituents is 1. The number of sulfonamides is 1. The molecule has 0 heterocycles. The minimum Gasteiger partial charge on any atom is -0.352 e. The van der Waals surface area contributed by atoms with E-state index in [0.29, 0.717) is 12.0 Å². The lowest BCUT2D eigenvalue weighted by atomic mass is 10.1. The quantitative estimate of drug-likeness (QED) is 0.482. The van der Waals surface area contributed by atoms with E-state index in [1.807, 2.05) is 37.3 Å². The standard InChI is InChI=1S/C21H27N3O5S/c1-15-10-13-19(24(26)27)14-20(15)23(30(4,28)29)17(3)21(25)22-16(2)11-12-18-8-6-5-7-9-18/h5-10,13-14,16-17H,11-12H2,1-4H3,(H,22,25). The zero-order chi connectivity index (χ0) is 22.5. The lowest BCUT2D eigenvalue weighted by molar-refractivity contribution is -0.384. The Morgan fingerprint density at radius 3 is 2.37 bits per heavy atom. The molecular weight excluding hydrogens is 406 g/mol. The number of rotatable bonds is 9. The molecule has 2 aromatic carbocycles. The van der Waals surface area contributed by atoms with Crippen LogP contribution in [0.15, 0.2) is 48.5 Å². The molecule has 0 saturated carbocycles. The van der Waals surface area contributed by atoms with Crippen molar-refractivity contribution in [3.63, 3.8) is 0 Å². The first-order valence-electron chi connectivity index (χ1n) is 9.59. The molecule has 0 aliphatic rings. The predicted octanol–water partition coefficient (Wildman–Crippen LogP) is 3.20. The molecule has 0 radical (unpaired) electrons. The van der Waals surface area contributed by atoms with Crippen LogP contribution in [0.4, 0.5) is 11.4 Å². The van der Waals surface area contributed by atoms with Gasteiger partial charge in [-0.25, -0.2) is 8.42 Å². The number of anilines is 1. The minimum absolute atomic E-state index is 0.117. The molecule has 1 N–H and O–H groups in total. The highest BCUT2D eigenvalue weighted by Crippen LogP contribution is 2.29. The molecule has 0 aliphatic heterocycles. The Kier molecular flexibility index (Phi) is 7.55. The summed E-state index contributed by atoms with van der Waals surface area (Å²) in [6.07, 6.45) is 2.45. The summed E-state index contributed by atoms with van der Waals surface area (Å²) in [6, 6.07) is 12.6. The summed E-state index contributed by atoms with van der Waals surface area (Å²) < 4.78 is 25.9. The van der Waals surface area contributed by atoms with E-state index in [0.717, 1.165) is 22.5 Å². The molecule has 0 aromatic heterocycles. The molecule has 8 nitrogen and oxygen atoms in total. The number of hydrogen-bond donors (Lipinski definition) is 1. The predicted molar refractivity (Wildman–Crippen MR) is 117 cm³/mol. The van der Waals surface area contributed by atoms with Crippen LogP contribution in [0.5, 0.6) is 0 Å². The Balaban J connectivity index is 2.19. The molecular formula is C21H27N3O5S. The normalized spacial score (nSPS) is 13.3. The maximum atomic E-state index is 12.8. The van der Waals surface area contributed by atoms with Crippen LogP contribution in [0.3, 0.4) is 0 Å². The van der Waals surface area contributed by atoms with Crippen LogP contribution in [0.2, 0.25) is 0 Å². The lowest BCUT2D eigenvalue weighted by Gasteiger charge is -2.30. The number of hydrogen-bond acceptors (Lipinski definition) is 5. The van der Waals surface area contributed by atoms with Crippen molar-refractivity contribution in [1.82, 2.24) is 5.32 Å². The Morgan fingerprint density at radius 1 is 1.17 bits per heavy atom. The summed E-state index contributed by atoms with van der Waals surface area (Å²) in [5, 5.41) is 14.0. The maximum Gasteiger partial charge on any atom is 0.271 e. The Labute approximate surface area is 177 Å². The van der Waals surface area contributed by atoms with Crippen molar-refractivity contribution in [3.8, 4) is 0 Å². The molecule has 2 aromatic rings. The summed E-state index contributed by atoms with van der Waals surface area (Å²) >= 11 is 0. The second-order valence-electron chi connectivity index (χ2n) is 7.40. The van der Waals surface area contributed by atoms with E-state index < -0.39 is 26.9 Å². The zero-order valence-corrected chi connectivity index (χ0v) is 18.3. The molecule has 2 unspecified atom stereocenters. The van der Waals surface area contributed by atoms with Gasteiger partial charge < -0.3 is 5.32 Å². The van der Waals surface area contributed by atoms with Gasteiger partial charge in [-0.1, -0.05) is 36.4 Å². The fourth-order valence-electron chi connectivity index (χ4n) is 3.19. The highest BCUT2D eigenvalue weighted by Gasteiger charge is 2.31. The van der Waals surface area contributed by atoms with Gasteiger partial charge in [0, 0.05) is 18.2 Å². The van der Waals surface area contributed by atoms with Gasteiger partial charge in [-0.05, 0) is 44.7 Å². The van der Waals surface area contributed by atoms with Gasteiger partial charge in [-0.2, -0.15) is 0 Å². The van der Waals surface area contributed by atoms with E-state index in [2.05, 4.69) is 5.32 Å². The van der Waals surface area contributed by atoms with Crippen LogP contribution in [-0.4, -0.2) is 37.6 Å². The molecule has 0 bridgehead atoms. The number of nitro groups is 1. The number of amides is 1. The van der Waals surface area contributed by atoms with Gasteiger partial charge in [-0.3, -0.25) is 19.2 Å². The number of nitro benzene ring substituents is 1. The third-order valence-electron chi connectivity index (χ3n) is 4.83. The van der Waals surface area contributed by atoms with Gasteiger partial charge in [0.25, 0.3) is 5.69 Å². The summed E-state index contributed by atoms with van der Waals surface area (Å²) in [4.78, 5) is 23.3. The van der Waals surface area contributed by atoms with Crippen molar-refractivity contribution in [2.45, 2.75) is 45.7 Å². The van der Waals surface area contributed by atoms with Crippen molar-refractivity contribution in [2.24, 2.45) is 0 Å². The Morgan fingerprint density at radius 2 is 1.80 bits per heavy atom. The third-order valence-corrected chi connectivity index (χ3v) is 6.05. The van der Waals surface area contributed by atoms with Gasteiger partial charge in [0.2, 0.25) is 15.9 Å². The first-order chi connectivity index (χ1) is 14.0.